The summed E-state index contributed by atoms with van der Waals surface area (Å²) in [4.78, 5) is 2.37. The average molecular weight is 270 g/mol. The minimum Gasteiger partial charge on any atom is -0.399 e. The van der Waals surface area contributed by atoms with E-state index in [0.29, 0.717) is 5.69 Å². The first-order valence-corrected chi connectivity index (χ1v) is 7.05. The lowest BCUT2D eigenvalue weighted by Gasteiger charge is -2.20. The van der Waals surface area contributed by atoms with E-state index in [9.17, 15) is 4.39 Å². The minimum atomic E-state index is -0.252. The molecule has 0 atom stereocenters. The van der Waals surface area contributed by atoms with E-state index in [1.54, 1.807) is 6.07 Å². The lowest BCUT2D eigenvalue weighted by atomic mass is 10.0. The van der Waals surface area contributed by atoms with Crippen LogP contribution in [0, 0.1) is 5.82 Å². The van der Waals surface area contributed by atoms with Crippen LogP contribution in [0.5, 0.6) is 0 Å². The zero-order chi connectivity index (χ0) is 13.9. The number of nitrogens with two attached hydrogens (primary N) is 1. The van der Waals surface area contributed by atoms with Crippen LogP contribution in [0.4, 0.5) is 10.1 Å². The molecule has 1 aliphatic rings. The van der Waals surface area contributed by atoms with Gasteiger partial charge in [-0.05, 0) is 47.7 Å². The van der Waals surface area contributed by atoms with Crippen LogP contribution < -0.4 is 5.73 Å². The van der Waals surface area contributed by atoms with E-state index >= 15 is 0 Å². The van der Waals surface area contributed by atoms with Gasteiger partial charge in [0.15, 0.2) is 0 Å². The molecule has 0 radical (unpaired) electrons. The van der Waals surface area contributed by atoms with Gasteiger partial charge in [0.2, 0.25) is 0 Å². The van der Waals surface area contributed by atoms with Crippen molar-refractivity contribution in [2.24, 2.45) is 0 Å². The molecule has 104 valence electrons. The van der Waals surface area contributed by atoms with Crippen molar-refractivity contribution in [3.05, 3.63) is 65.0 Å². The number of benzene rings is 2. The Hall–Kier alpha value is -1.87. The van der Waals surface area contributed by atoms with Gasteiger partial charge in [0, 0.05) is 25.3 Å². The number of halogens is 1. The molecule has 0 spiro atoms. The van der Waals surface area contributed by atoms with E-state index in [1.165, 1.54) is 17.2 Å². The molecular formula is C17H19FN2. The lowest BCUT2D eigenvalue weighted by Crippen LogP contribution is -2.26. The summed E-state index contributed by atoms with van der Waals surface area (Å²) in [5.74, 6) is -0.252. The number of hydrogen-bond donors (Lipinski definition) is 1. The number of nitrogen functional groups attached to an aromatic ring is 1. The third kappa shape index (κ3) is 2.99. The van der Waals surface area contributed by atoms with Crippen molar-refractivity contribution in [2.75, 3.05) is 18.8 Å². The Labute approximate surface area is 119 Å². The lowest BCUT2D eigenvalue weighted by molar-refractivity contribution is 0.279. The molecule has 0 unspecified atom stereocenters. The molecule has 3 heteroatoms. The number of nitrogens with zero attached hydrogens (tertiary/aromatic N) is 1. The second-order valence-corrected chi connectivity index (χ2v) is 5.44. The Morgan fingerprint density at radius 1 is 1.00 bits per heavy atom. The quantitative estimate of drug-likeness (QED) is 0.850. The SMILES string of the molecule is Nc1cc(F)cc(CN2CCc3ccccc3CC2)c1. The van der Waals surface area contributed by atoms with E-state index in [2.05, 4.69) is 29.2 Å². The molecule has 2 aromatic rings. The standard InChI is InChI=1S/C17H19FN2/c18-16-9-13(10-17(19)11-16)12-20-7-5-14-3-1-2-4-15(14)6-8-20/h1-4,9-11H,5-8,12,19H2. The van der Waals surface area contributed by atoms with Gasteiger partial charge in [-0.3, -0.25) is 4.90 Å². The highest BCUT2D eigenvalue weighted by Crippen LogP contribution is 2.18. The van der Waals surface area contributed by atoms with Gasteiger partial charge in [0.25, 0.3) is 0 Å². The summed E-state index contributed by atoms with van der Waals surface area (Å²) in [6, 6.07) is 13.4. The molecule has 2 nitrogen and oxygen atoms in total. The van der Waals surface area contributed by atoms with Crippen LogP contribution in [0.25, 0.3) is 0 Å². The van der Waals surface area contributed by atoms with E-state index in [4.69, 9.17) is 5.73 Å². The van der Waals surface area contributed by atoms with Gasteiger partial charge in [0.1, 0.15) is 5.82 Å². The first-order chi connectivity index (χ1) is 9.70. The summed E-state index contributed by atoms with van der Waals surface area (Å²) in [7, 11) is 0. The Morgan fingerprint density at radius 3 is 2.25 bits per heavy atom. The fourth-order valence-electron chi connectivity index (χ4n) is 2.90. The Bertz CT molecular complexity index is 562. The van der Waals surface area contributed by atoms with E-state index in [-0.39, 0.29) is 5.82 Å². The van der Waals surface area contributed by atoms with Gasteiger partial charge in [-0.2, -0.15) is 0 Å². The van der Waals surface area contributed by atoms with Crippen molar-refractivity contribution in [1.82, 2.24) is 4.90 Å². The maximum Gasteiger partial charge on any atom is 0.125 e. The monoisotopic (exact) mass is 270 g/mol. The molecule has 2 N–H and O–H groups in total. The smallest absolute Gasteiger partial charge is 0.125 e. The van der Waals surface area contributed by atoms with Gasteiger partial charge in [-0.15, -0.1) is 0 Å². The average Bonchev–Trinajstić information content (AvgIpc) is 2.61. The van der Waals surface area contributed by atoms with Crippen LogP contribution in [0.1, 0.15) is 16.7 Å². The van der Waals surface area contributed by atoms with Crippen LogP contribution in [0.2, 0.25) is 0 Å². The molecule has 1 aliphatic heterocycles. The molecule has 1 heterocycles. The van der Waals surface area contributed by atoms with Crippen LogP contribution in [0.3, 0.4) is 0 Å². The maximum atomic E-state index is 13.4. The summed E-state index contributed by atoms with van der Waals surface area (Å²) in [6.45, 7) is 2.77. The summed E-state index contributed by atoms with van der Waals surface area (Å²) < 4.78 is 13.4. The molecule has 0 fully saturated rings. The molecule has 0 amide bonds. The predicted molar refractivity (Wildman–Crippen MR) is 79.9 cm³/mol. The third-order valence-electron chi connectivity index (χ3n) is 3.90. The zero-order valence-electron chi connectivity index (χ0n) is 11.5. The first kappa shape index (κ1) is 13.1. The highest BCUT2D eigenvalue weighted by atomic mass is 19.1. The van der Waals surface area contributed by atoms with E-state index < -0.39 is 0 Å². The van der Waals surface area contributed by atoms with E-state index in [0.717, 1.165) is 38.0 Å². The van der Waals surface area contributed by atoms with Crippen molar-refractivity contribution < 1.29 is 4.39 Å². The fraction of sp³-hybridized carbons (Fsp3) is 0.294. The predicted octanol–water partition coefficient (Wildman–Crippen LogP) is 3.01. The summed E-state index contributed by atoms with van der Waals surface area (Å²) >= 11 is 0. The van der Waals surface area contributed by atoms with Crippen molar-refractivity contribution in [3.63, 3.8) is 0 Å². The second kappa shape index (κ2) is 5.63. The fourth-order valence-corrected chi connectivity index (χ4v) is 2.90. The molecule has 0 aromatic heterocycles. The highest BCUT2D eigenvalue weighted by molar-refractivity contribution is 5.41. The topological polar surface area (TPSA) is 29.3 Å². The van der Waals surface area contributed by atoms with Gasteiger partial charge in [-0.25, -0.2) is 4.39 Å². The molecule has 0 bridgehead atoms. The largest absolute Gasteiger partial charge is 0.399 e. The molecule has 0 saturated carbocycles. The van der Waals surface area contributed by atoms with Crippen molar-refractivity contribution in [3.8, 4) is 0 Å². The summed E-state index contributed by atoms with van der Waals surface area (Å²) in [5, 5.41) is 0. The minimum absolute atomic E-state index is 0.252. The number of fused-ring (bicyclic) bond motifs is 1. The molecule has 20 heavy (non-hydrogen) atoms. The second-order valence-electron chi connectivity index (χ2n) is 5.44. The van der Waals surface area contributed by atoms with Gasteiger partial charge in [0.05, 0.1) is 0 Å². The van der Waals surface area contributed by atoms with Gasteiger partial charge in [-0.1, -0.05) is 24.3 Å². The Morgan fingerprint density at radius 2 is 1.65 bits per heavy atom. The van der Waals surface area contributed by atoms with Crippen molar-refractivity contribution in [1.29, 1.82) is 0 Å². The van der Waals surface area contributed by atoms with Crippen LogP contribution in [-0.2, 0) is 19.4 Å². The molecule has 2 aromatic carbocycles. The van der Waals surface area contributed by atoms with Crippen LogP contribution >= 0.6 is 0 Å². The molecule has 0 saturated heterocycles. The number of hydrogen-bond acceptors (Lipinski definition) is 2. The number of rotatable bonds is 2. The van der Waals surface area contributed by atoms with Crippen LogP contribution in [-0.4, -0.2) is 18.0 Å². The Balaban J connectivity index is 1.71. The number of anilines is 1. The van der Waals surface area contributed by atoms with Gasteiger partial charge < -0.3 is 5.73 Å². The summed E-state index contributed by atoms with van der Waals surface area (Å²) in [5.41, 5.74) is 10.0. The van der Waals surface area contributed by atoms with Crippen molar-refractivity contribution in [2.45, 2.75) is 19.4 Å². The maximum absolute atomic E-state index is 13.4. The van der Waals surface area contributed by atoms with E-state index in [1.807, 2.05) is 6.07 Å². The molecule has 0 aliphatic carbocycles. The van der Waals surface area contributed by atoms with Crippen LogP contribution in [0.15, 0.2) is 42.5 Å². The highest BCUT2D eigenvalue weighted by Gasteiger charge is 2.14. The normalized spacial score (nSPS) is 15.7. The first-order valence-electron chi connectivity index (χ1n) is 7.05. The molecular weight excluding hydrogens is 251 g/mol. The molecule has 3 rings (SSSR count). The third-order valence-corrected chi connectivity index (χ3v) is 3.90. The summed E-state index contributed by atoms with van der Waals surface area (Å²) in [6.07, 6.45) is 2.11. The van der Waals surface area contributed by atoms with Crippen molar-refractivity contribution >= 4 is 5.69 Å². The van der Waals surface area contributed by atoms with Gasteiger partial charge >= 0.3 is 0 Å². The zero-order valence-corrected chi connectivity index (χ0v) is 11.5. The Kier molecular flexibility index (Phi) is 3.70.